The molecule has 0 aliphatic carbocycles. The van der Waals surface area contributed by atoms with Gasteiger partial charge in [0, 0.05) is 6.54 Å². The van der Waals surface area contributed by atoms with E-state index in [0.29, 0.717) is 11.4 Å². The molecule has 3 nitrogen and oxygen atoms in total. The van der Waals surface area contributed by atoms with E-state index in [2.05, 4.69) is 5.32 Å². The Labute approximate surface area is 97.8 Å². The molecule has 0 bridgehead atoms. The number of benzene rings is 1. The van der Waals surface area contributed by atoms with E-state index >= 15 is 0 Å². The van der Waals surface area contributed by atoms with Gasteiger partial charge in [0.1, 0.15) is 0 Å². The summed E-state index contributed by atoms with van der Waals surface area (Å²) in [4.78, 5) is 0.439. The molecule has 1 fully saturated rings. The zero-order valence-electron chi connectivity index (χ0n) is 9.81. The standard InChI is InChI=1S/C10H13NO2S.C2H6/c12-14(13,10-6-7-11-8-10)9-4-2-1-3-5-9;1-2/h1-5,10-11H,6-8H2;1-2H3. The van der Waals surface area contributed by atoms with Crippen LogP contribution in [-0.2, 0) is 9.84 Å². The first kappa shape index (κ1) is 13.2. The molecule has 1 N–H and O–H groups in total. The van der Waals surface area contributed by atoms with Gasteiger partial charge in [0.25, 0.3) is 0 Å². The van der Waals surface area contributed by atoms with E-state index in [0.717, 1.165) is 13.0 Å². The molecule has 1 aromatic carbocycles. The number of sulfone groups is 1. The molecule has 1 heterocycles. The van der Waals surface area contributed by atoms with E-state index in [1.54, 1.807) is 24.3 Å². The third-order valence-corrected chi connectivity index (χ3v) is 4.73. The predicted octanol–water partition coefficient (Wildman–Crippen LogP) is 1.85. The first-order chi connectivity index (χ1) is 7.71. The Hall–Kier alpha value is -0.870. The van der Waals surface area contributed by atoms with E-state index in [-0.39, 0.29) is 5.25 Å². The van der Waals surface area contributed by atoms with Crippen molar-refractivity contribution in [3.05, 3.63) is 30.3 Å². The van der Waals surface area contributed by atoms with Crippen molar-refractivity contribution in [3.8, 4) is 0 Å². The minimum atomic E-state index is -3.10. The summed E-state index contributed by atoms with van der Waals surface area (Å²) in [5.41, 5.74) is 0. The van der Waals surface area contributed by atoms with Gasteiger partial charge in [-0.2, -0.15) is 0 Å². The summed E-state index contributed by atoms with van der Waals surface area (Å²) in [5.74, 6) is 0. The SMILES string of the molecule is CC.O=S(=O)(c1ccccc1)C1CCNC1. The van der Waals surface area contributed by atoms with Crippen LogP contribution in [0.15, 0.2) is 35.2 Å². The van der Waals surface area contributed by atoms with Crippen LogP contribution in [0.1, 0.15) is 20.3 Å². The fourth-order valence-electron chi connectivity index (χ4n) is 1.70. The molecular weight excluding hydrogens is 222 g/mol. The van der Waals surface area contributed by atoms with Gasteiger partial charge in [0.05, 0.1) is 10.1 Å². The van der Waals surface area contributed by atoms with Crippen molar-refractivity contribution in [1.29, 1.82) is 0 Å². The monoisotopic (exact) mass is 241 g/mol. The Morgan fingerprint density at radius 3 is 2.31 bits per heavy atom. The van der Waals surface area contributed by atoms with Gasteiger partial charge in [-0.05, 0) is 25.1 Å². The summed E-state index contributed by atoms with van der Waals surface area (Å²) in [6.45, 7) is 5.38. The summed E-state index contributed by atoms with van der Waals surface area (Å²) < 4.78 is 24.0. The maximum Gasteiger partial charge on any atom is 0.182 e. The molecule has 0 radical (unpaired) electrons. The second kappa shape index (κ2) is 6.01. The Morgan fingerprint density at radius 2 is 1.81 bits per heavy atom. The van der Waals surface area contributed by atoms with Crippen molar-refractivity contribution in [2.75, 3.05) is 13.1 Å². The topological polar surface area (TPSA) is 46.2 Å². The lowest BCUT2D eigenvalue weighted by Gasteiger charge is -2.09. The van der Waals surface area contributed by atoms with Crippen LogP contribution in [0.4, 0.5) is 0 Å². The van der Waals surface area contributed by atoms with Gasteiger partial charge in [-0.3, -0.25) is 0 Å². The third kappa shape index (κ3) is 2.83. The van der Waals surface area contributed by atoms with Gasteiger partial charge in [0.15, 0.2) is 9.84 Å². The molecule has 2 rings (SSSR count). The number of nitrogens with one attached hydrogen (secondary N) is 1. The summed E-state index contributed by atoms with van der Waals surface area (Å²) >= 11 is 0. The maximum absolute atomic E-state index is 12.0. The first-order valence-corrected chi connectivity index (χ1v) is 7.25. The summed E-state index contributed by atoms with van der Waals surface area (Å²) in [6, 6.07) is 8.66. The molecular formula is C12H19NO2S. The minimum Gasteiger partial charge on any atom is -0.315 e. The van der Waals surface area contributed by atoms with E-state index in [4.69, 9.17) is 0 Å². The predicted molar refractivity (Wildman–Crippen MR) is 66.3 cm³/mol. The lowest BCUT2D eigenvalue weighted by atomic mass is 10.4. The Balaban J connectivity index is 0.000000606. The van der Waals surface area contributed by atoms with Crippen LogP contribution < -0.4 is 5.32 Å². The van der Waals surface area contributed by atoms with E-state index in [1.165, 1.54) is 0 Å². The molecule has 0 spiro atoms. The quantitative estimate of drug-likeness (QED) is 0.859. The molecule has 0 aromatic heterocycles. The largest absolute Gasteiger partial charge is 0.315 e. The zero-order valence-corrected chi connectivity index (χ0v) is 10.6. The summed E-state index contributed by atoms with van der Waals surface area (Å²) in [5, 5.41) is 2.82. The van der Waals surface area contributed by atoms with Crippen LogP contribution in [0.2, 0.25) is 0 Å². The van der Waals surface area contributed by atoms with Gasteiger partial charge in [0.2, 0.25) is 0 Å². The molecule has 1 aromatic rings. The lowest BCUT2D eigenvalue weighted by Crippen LogP contribution is -2.23. The molecule has 1 aliphatic rings. The summed E-state index contributed by atoms with van der Waals surface area (Å²) in [6.07, 6.45) is 0.719. The normalized spacial score (nSPS) is 20.0. The minimum absolute atomic E-state index is 0.245. The second-order valence-electron chi connectivity index (χ2n) is 3.47. The Morgan fingerprint density at radius 1 is 1.19 bits per heavy atom. The highest BCUT2D eigenvalue weighted by atomic mass is 32.2. The number of rotatable bonds is 2. The average Bonchev–Trinajstić information content (AvgIpc) is 2.87. The molecule has 1 aliphatic heterocycles. The fourth-order valence-corrected chi connectivity index (χ4v) is 3.38. The van der Waals surface area contributed by atoms with Crippen molar-refractivity contribution in [2.45, 2.75) is 30.4 Å². The Bertz CT molecular complexity index is 394. The molecule has 0 amide bonds. The molecule has 0 saturated carbocycles. The molecule has 1 saturated heterocycles. The maximum atomic E-state index is 12.0. The lowest BCUT2D eigenvalue weighted by molar-refractivity contribution is 0.583. The van der Waals surface area contributed by atoms with E-state index in [9.17, 15) is 8.42 Å². The fraction of sp³-hybridized carbons (Fsp3) is 0.500. The smallest absolute Gasteiger partial charge is 0.182 e. The van der Waals surface area contributed by atoms with Crippen LogP contribution in [0.3, 0.4) is 0 Å². The molecule has 4 heteroatoms. The molecule has 90 valence electrons. The molecule has 16 heavy (non-hydrogen) atoms. The van der Waals surface area contributed by atoms with Crippen LogP contribution in [0, 0.1) is 0 Å². The van der Waals surface area contributed by atoms with Crippen molar-refractivity contribution in [2.24, 2.45) is 0 Å². The first-order valence-electron chi connectivity index (χ1n) is 5.71. The molecule has 1 unspecified atom stereocenters. The van der Waals surface area contributed by atoms with Crippen LogP contribution >= 0.6 is 0 Å². The van der Waals surface area contributed by atoms with Crippen LogP contribution in [0.5, 0.6) is 0 Å². The third-order valence-electron chi connectivity index (χ3n) is 2.53. The van der Waals surface area contributed by atoms with E-state index < -0.39 is 9.84 Å². The van der Waals surface area contributed by atoms with Crippen molar-refractivity contribution >= 4 is 9.84 Å². The highest BCUT2D eigenvalue weighted by molar-refractivity contribution is 7.92. The van der Waals surface area contributed by atoms with Crippen molar-refractivity contribution in [1.82, 2.24) is 5.32 Å². The zero-order chi connectivity index (χ0) is 12.0. The van der Waals surface area contributed by atoms with Gasteiger partial charge in [-0.1, -0.05) is 32.0 Å². The van der Waals surface area contributed by atoms with Gasteiger partial charge in [-0.15, -0.1) is 0 Å². The van der Waals surface area contributed by atoms with Gasteiger partial charge >= 0.3 is 0 Å². The molecule has 1 atom stereocenters. The second-order valence-corrected chi connectivity index (χ2v) is 5.70. The number of hydrogen-bond donors (Lipinski definition) is 1. The average molecular weight is 241 g/mol. The Kier molecular flexibility index (Phi) is 4.96. The highest BCUT2D eigenvalue weighted by Gasteiger charge is 2.29. The van der Waals surface area contributed by atoms with Crippen LogP contribution in [0.25, 0.3) is 0 Å². The van der Waals surface area contributed by atoms with Crippen molar-refractivity contribution in [3.63, 3.8) is 0 Å². The van der Waals surface area contributed by atoms with Gasteiger partial charge < -0.3 is 5.32 Å². The van der Waals surface area contributed by atoms with Gasteiger partial charge in [-0.25, -0.2) is 8.42 Å². The summed E-state index contributed by atoms with van der Waals surface area (Å²) in [7, 11) is -3.10. The van der Waals surface area contributed by atoms with E-state index in [1.807, 2.05) is 19.9 Å². The highest BCUT2D eigenvalue weighted by Crippen LogP contribution is 2.19. The number of hydrogen-bond acceptors (Lipinski definition) is 3. The van der Waals surface area contributed by atoms with Crippen LogP contribution in [-0.4, -0.2) is 26.8 Å². The van der Waals surface area contributed by atoms with Crippen molar-refractivity contribution < 1.29 is 8.42 Å².